The van der Waals surface area contributed by atoms with Crippen LogP contribution in [-0.4, -0.2) is 38.3 Å². The van der Waals surface area contributed by atoms with Crippen LogP contribution in [0.15, 0.2) is 0 Å². The molecule has 0 aromatic carbocycles. The molecule has 0 aromatic heterocycles. The molecule has 20 heavy (non-hydrogen) atoms. The lowest BCUT2D eigenvalue weighted by Gasteiger charge is -2.36. The van der Waals surface area contributed by atoms with Crippen molar-refractivity contribution in [3.05, 3.63) is 0 Å². The van der Waals surface area contributed by atoms with Gasteiger partial charge in [-0.3, -0.25) is 4.79 Å². The first-order valence-electron chi connectivity index (χ1n) is 7.95. The van der Waals surface area contributed by atoms with Crippen molar-refractivity contribution < 1.29 is 9.53 Å². The Hall–Kier alpha value is -0.610. The first-order valence-corrected chi connectivity index (χ1v) is 7.95. The molecule has 2 rings (SSSR count). The average Bonchev–Trinajstić information content (AvgIpc) is 2.85. The summed E-state index contributed by atoms with van der Waals surface area (Å²) in [6.45, 7) is 8.59. The Balaban J connectivity index is 1.80. The Labute approximate surface area is 123 Å². The van der Waals surface area contributed by atoms with E-state index in [0.29, 0.717) is 5.41 Å². The second kappa shape index (κ2) is 6.44. The molecule has 1 saturated heterocycles. The molecule has 0 spiro atoms. The molecule has 4 nitrogen and oxygen atoms in total. The van der Waals surface area contributed by atoms with Crippen LogP contribution >= 0.6 is 0 Å². The molecule has 2 N–H and O–H groups in total. The maximum absolute atomic E-state index is 12.4. The zero-order valence-electron chi connectivity index (χ0n) is 13.4. The van der Waals surface area contributed by atoms with Gasteiger partial charge in [-0.15, -0.1) is 0 Å². The Morgan fingerprint density at radius 2 is 1.80 bits per heavy atom. The smallest absolute Gasteiger partial charge is 0.223 e. The van der Waals surface area contributed by atoms with Crippen LogP contribution in [0.3, 0.4) is 0 Å². The van der Waals surface area contributed by atoms with Gasteiger partial charge in [0.2, 0.25) is 5.91 Å². The van der Waals surface area contributed by atoms with Gasteiger partial charge in [-0.25, -0.2) is 0 Å². The van der Waals surface area contributed by atoms with Gasteiger partial charge in [-0.05, 0) is 37.0 Å². The maximum Gasteiger partial charge on any atom is 0.223 e. The van der Waals surface area contributed by atoms with E-state index in [2.05, 4.69) is 31.4 Å². The first kappa shape index (κ1) is 15.8. The summed E-state index contributed by atoms with van der Waals surface area (Å²) in [5.74, 6) is 1.19. The van der Waals surface area contributed by atoms with Gasteiger partial charge >= 0.3 is 0 Å². The van der Waals surface area contributed by atoms with E-state index in [0.717, 1.165) is 31.8 Å². The summed E-state index contributed by atoms with van der Waals surface area (Å²) >= 11 is 0. The minimum atomic E-state index is 0.116. The summed E-state index contributed by atoms with van der Waals surface area (Å²) in [6.07, 6.45) is 4.54. The SMILES string of the molecule is CO[C@H]1CNCC1NC(=O)C1CCC(C(C)(C)C)CC1. The largest absolute Gasteiger partial charge is 0.378 e. The van der Waals surface area contributed by atoms with Gasteiger partial charge in [-0.1, -0.05) is 20.8 Å². The van der Waals surface area contributed by atoms with Crippen LogP contribution in [0.4, 0.5) is 0 Å². The van der Waals surface area contributed by atoms with Crippen molar-refractivity contribution in [3.63, 3.8) is 0 Å². The van der Waals surface area contributed by atoms with Gasteiger partial charge in [0.1, 0.15) is 0 Å². The number of amides is 1. The van der Waals surface area contributed by atoms with Crippen LogP contribution in [0.2, 0.25) is 0 Å². The molecule has 0 radical (unpaired) electrons. The number of rotatable bonds is 3. The van der Waals surface area contributed by atoms with Crippen LogP contribution in [0.1, 0.15) is 46.5 Å². The number of carbonyl (C=O) groups excluding carboxylic acids is 1. The van der Waals surface area contributed by atoms with E-state index >= 15 is 0 Å². The number of ether oxygens (including phenoxy) is 1. The molecule has 1 saturated carbocycles. The fourth-order valence-electron chi connectivity index (χ4n) is 3.57. The van der Waals surface area contributed by atoms with E-state index in [1.807, 2.05) is 0 Å². The van der Waals surface area contributed by atoms with Crippen LogP contribution < -0.4 is 10.6 Å². The molecule has 2 fully saturated rings. The van der Waals surface area contributed by atoms with E-state index < -0.39 is 0 Å². The third kappa shape index (κ3) is 3.73. The molecule has 1 aliphatic heterocycles. The second-order valence-electron chi connectivity index (χ2n) is 7.46. The quantitative estimate of drug-likeness (QED) is 0.832. The van der Waals surface area contributed by atoms with Gasteiger partial charge in [0.05, 0.1) is 12.1 Å². The van der Waals surface area contributed by atoms with Crippen molar-refractivity contribution in [3.8, 4) is 0 Å². The number of hydrogen-bond acceptors (Lipinski definition) is 3. The van der Waals surface area contributed by atoms with Crippen LogP contribution in [0.25, 0.3) is 0 Å². The predicted molar refractivity (Wildman–Crippen MR) is 80.5 cm³/mol. The third-order valence-electron chi connectivity index (χ3n) is 5.11. The second-order valence-corrected chi connectivity index (χ2v) is 7.46. The number of nitrogens with one attached hydrogen (secondary N) is 2. The molecule has 1 unspecified atom stereocenters. The molecule has 2 aliphatic rings. The predicted octanol–water partition coefficient (Wildman–Crippen LogP) is 1.94. The lowest BCUT2D eigenvalue weighted by Crippen LogP contribution is -2.46. The minimum Gasteiger partial charge on any atom is -0.378 e. The fourth-order valence-corrected chi connectivity index (χ4v) is 3.57. The number of carbonyl (C=O) groups is 1. The van der Waals surface area contributed by atoms with Crippen molar-refractivity contribution >= 4 is 5.91 Å². The lowest BCUT2D eigenvalue weighted by atomic mass is 9.69. The van der Waals surface area contributed by atoms with Crippen molar-refractivity contribution in [2.45, 2.75) is 58.6 Å². The first-order chi connectivity index (χ1) is 9.41. The van der Waals surface area contributed by atoms with Crippen LogP contribution in [0.5, 0.6) is 0 Å². The third-order valence-corrected chi connectivity index (χ3v) is 5.11. The van der Waals surface area contributed by atoms with E-state index in [4.69, 9.17) is 4.74 Å². The molecule has 4 heteroatoms. The summed E-state index contributed by atoms with van der Waals surface area (Å²) in [7, 11) is 1.71. The van der Waals surface area contributed by atoms with E-state index in [1.54, 1.807) is 7.11 Å². The Morgan fingerprint density at radius 3 is 2.35 bits per heavy atom. The molecule has 0 aromatic rings. The van der Waals surface area contributed by atoms with Gasteiger partial charge < -0.3 is 15.4 Å². The van der Waals surface area contributed by atoms with Gasteiger partial charge in [-0.2, -0.15) is 0 Å². The average molecular weight is 282 g/mol. The van der Waals surface area contributed by atoms with Crippen molar-refractivity contribution in [2.75, 3.05) is 20.2 Å². The van der Waals surface area contributed by atoms with Crippen LogP contribution in [0, 0.1) is 17.3 Å². The standard InChI is InChI=1S/C16H30N2O2/c1-16(2,3)12-7-5-11(6-8-12)15(19)18-13-9-17-10-14(13)20-4/h11-14,17H,5-10H2,1-4H3,(H,18,19)/t11?,12?,13?,14-/m0/s1. The Morgan fingerprint density at radius 1 is 1.15 bits per heavy atom. The summed E-state index contributed by atoms with van der Waals surface area (Å²) < 4.78 is 5.40. The maximum atomic E-state index is 12.4. The van der Waals surface area contributed by atoms with Crippen molar-refractivity contribution in [1.29, 1.82) is 0 Å². The van der Waals surface area contributed by atoms with Gasteiger partial charge in [0.25, 0.3) is 0 Å². The summed E-state index contributed by atoms with van der Waals surface area (Å²) in [5, 5.41) is 6.45. The molecule has 1 aliphatic carbocycles. The molecular weight excluding hydrogens is 252 g/mol. The fraction of sp³-hybridized carbons (Fsp3) is 0.938. The summed E-state index contributed by atoms with van der Waals surface area (Å²) in [6, 6.07) is 0.132. The minimum absolute atomic E-state index is 0.116. The highest BCUT2D eigenvalue weighted by atomic mass is 16.5. The summed E-state index contributed by atoms with van der Waals surface area (Å²) in [4.78, 5) is 12.4. The van der Waals surface area contributed by atoms with E-state index in [1.165, 1.54) is 12.8 Å². The van der Waals surface area contributed by atoms with Crippen LogP contribution in [-0.2, 0) is 9.53 Å². The zero-order chi connectivity index (χ0) is 14.8. The monoisotopic (exact) mass is 282 g/mol. The Kier molecular flexibility index (Phi) is 5.08. The highest BCUT2D eigenvalue weighted by Crippen LogP contribution is 2.39. The van der Waals surface area contributed by atoms with Gasteiger partial charge in [0.15, 0.2) is 0 Å². The van der Waals surface area contributed by atoms with Gasteiger partial charge in [0, 0.05) is 26.1 Å². The number of hydrogen-bond donors (Lipinski definition) is 2. The molecular formula is C16H30N2O2. The topological polar surface area (TPSA) is 50.4 Å². The molecule has 116 valence electrons. The highest BCUT2D eigenvalue weighted by Gasteiger charge is 2.34. The van der Waals surface area contributed by atoms with E-state index in [-0.39, 0.29) is 24.0 Å². The number of methoxy groups -OCH3 is 1. The molecule has 1 amide bonds. The Bertz CT molecular complexity index is 330. The zero-order valence-corrected chi connectivity index (χ0v) is 13.4. The van der Waals surface area contributed by atoms with Crippen molar-refractivity contribution in [2.24, 2.45) is 17.3 Å². The summed E-state index contributed by atoms with van der Waals surface area (Å²) in [5.41, 5.74) is 0.373. The molecule has 1 heterocycles. The highest BCUT2D eigenvalue weighted by molar-refractivity contribution is 5.79. The normalized spacial score (nSPS) is 35.0. The molecule has 0 bridgehead atoms. The molecule has 2 atom stereocenters. The van der Waals surface area contributed by atoms with E-state index in [9.17, 15) is 4.79 Å². The lowest BCUT2D eigenvalue weighted by molar-refractivity contribution is -0.127. The van der Waals surface area contributed by atoms with Crippen molar-refractivity contribution in [1.82, 2.24) is 10.6 Å².